The van der Waals surface area contributed by atoms with Gasteiger partial charge in [-0.2, -0.15) is 0 Å². The van der Waals surface area contributed by atoms with Gasteiger partial charge in [0.15, 0.2) is 0 Å². The molecule has 0 fully saturated rings. The van der Waals surface area contributed by atoms with Crippen LogP contribution in [0.15, 0.2) is 34.2 Å². The van der Waals surface area contributed by atoms with E-state index in [9.17, 15) is 9.59 Å². The molecule has 0 atom stereocenters. The highest BCUT2D eigenvalue weighted by molar-refractivity contribution is 9.11. The van der Waals surface area contributed by atoms with Gasteiger partial charge < -0.3 is 15.7 Å². The van der Waals surface area contributed by atoms with E-state index in [0.29, 0.717) is 6.54 Å². The molecule has 0 aromatic carbocycles. The molecule has 0 aliphatic rings. The smallest absolute Gasteiger partial charge is 0.354 e. The van der Waals surface area contributed by atoms with Crippen LogP contribution in [0.3, 0.4) is 0 Å². The Morgan fingerprint density at radius 2 is 1.95 bits per heavy atom. The number of amides is 2. The van der Waals surface area contributed by atoms with E-state index >= 15 is 0 Å². The van der Waals surface area contributed by atoms with Gasteiger partial charge in [0.25, 0.3) is 0 Å². The number of aromatic nitrogens is 1. The van der Waals surface area contributed by atoms with Crippen molar-refractivity contribution in [2.45, 2.75) is 13.1 Å². The van der Waals surface area contributed by atoms with Gasteiger partial charge in [-0.1, -0.05) is 6.07 Å². The number of carboxylic acid groups (broad SMARTS) is 1. The minimum atomic E-state index is -1.07. The highest BCUT2D eigenvalue weighted by Crippen LogP contribution is 2.21. The van der Waals surface area contributed by atoms with Crippen LogP contribution in [0.1, 0.15) is 20.9 Å². The van der Waals surface area contributed by atoms with Crippen molar-refractivity contribution in [3.8, 4) is 0 Å². The van der Waals surface area contributed by atoms with Gasteiger partial charge in [0.05, 0.1) is 10.3 Å². The van der Waals surface area contributed by atoms with E-state index < -0.39 is 5.97 Å². The standard InChI is InChI=1S/C13H12BrN3O3S/c14-11-4-2-9(21-11)7-17-13(20)16-6-8-1-3-10(12(18)19)15-5-8/h1-5H,6-7H2,(H,18,19)(H2,16,17,20). The lowest BCUT2D eigenvalue weighted by Gasteiger charge is -2.06. The molecular weight excluding hydrogens is 358 g/mol. The summed E-state index contributed by atoms with van der Waals surface area (Å²) in [5.74, 6) is -1.07. The van der Waals surface area contributed by atoms with E-state index in [4.69, 9.17) is 5.11 Å². The van der Waals surface area contributed by atoms with Crippen LogP contribution in [0.25, 0.3) is 0 Å². The number of aromatic carboxylic acids is 1. The van der Waals surface area contributed by atoms with Gasteiger partial charge in [0, 0.05) is 17.6 Å². The number of nitrogens with zero attached hydrogens (tertiary/aromatic N) is 1. The van der Waals surface area contributed by atoms with Gasteiger partial charge in [0.2, 0.25) is 0 Å². The largest absolute Gasteiger partial charge is 0.477 e. The van der Waals surface area contributed by atoms with Crippen LogP contribution in [0, 0.1) is 0 Å². The molecule has 2 aromatic heterocycles. The first-order valence-corrected chi connectivity index (χ1v) is 7.59. The third-order valence-corrected chi connectivity index (χ3v) is 4.17. The maximum atomic E-state index is 11.6. The Morgan fingerprint density at radius 1 is 1.19 bits per heavy atom. The minimum absolute atomic E-state index is 0.0218. The zero-order valence-electron chi connectivity index (χ0n) is 10.8. The van der Waals surface area contributed by atoms with Crippen molar-refractivity contribution in [2.24, 2.45) is 0 Å². The molecule has 0 unspecified atom stereocenters. The van der Waals surface area contributed by atoms with Gasteiger partial charge in [-0.3, -0.25) is 0 Å². The second kappa shape index (κ2) is 7.19. The summed E-state index contributed by atoms with van der Waals surface area (Å²) < 4.78 is 1.02. The number of hydrogen-bond acceptors (Lipinski definition) is 4. The molecule has 0 bridgehead atoms. The summed E-state index contributed by atoms with van der Waals surface area (Å²) >= 11 is 4.91. The van der Waals surface area contributed by atoms with Crippen LogP contribution in [-0.4, -0.2) is 22.1 Å². The second-order valence-corrected chi connectivity index (χ2v) is 6.65. The monoisotopic (exact) mass is 369 g/mol. The van der Waals surface area contributed by atoms with Crippen molar-refractivity contribution in [2.75, 3.05) is 0 Å². The highest BCUT2D eigenvalue weighted by Gasteiger charge is 2.05. The van der Waals surface area contributed by atoms with E-state index in [1.54, 1.807) is 17.4 Å². The molecule has 6 nitrogen and oxygen atoms in total. The third-order valence-electron chi connectivity index (χ3n) is 2.55. The van der Waals surface area contributed by atoms with E-state index in [-0.39, 0.29) is 18.3 Å². The van der Waals surface area contributed by atoms with Crippen LogP contribution in [0.4, 0.5) is 4.79 Å². The van der Waals surface area contributed by atoms with Gasteiger partial charge in [-0.15, -0.1) is 11.3 Å². The number of carbonyl (C=O) groups is 2. The molecule has 2 heterocycles. The fourth-order valence-corrected chi connectivity index (χ4v) is 2.94. The Kier molecular flexibility index (Phi) is 5.29. The normalized spacial score (nSPS) is 10.1. The second-order valence-electron chi connectivity index (χ2n) is 4.10. The zero-order chi connectivity index (χ0) is 15.2. The van der Waals surface area contributed by atoms with E-state index in [0.717, 1.165) is 14.2 Å². The van der Waals surface area contributed by atoms with Crippen LogP contribution < -0.4 is 10.6 Å². The van der Waals surface area contributed by atoms with Gasteiger partial charge >= 0.3 is 12.0 Å². The zero-order valence-corrected chi connectivity index (χ0v) is 13.2. The summed E-state index contributed by atoms with van der Waals surface area (Å²) in [6.07, 6.45) is 1.43. The van der Waals surface area contributed by atoms with Crippen molar-refractivity contribution < 1.29 is 14.7 Å². The van der Waals surface area contributed by atoms with Crippen LogP contribution in [0.5, 0.6) is 0 Å². The average Bonchev–Trinajstić information content (AvgIpc) is 2.89. The number of urea groups is 1. The fraction of sp³-hybridized carbons (Fsp3) is 0.154. The number of carboxylic acids is 1. The van der Waals surface area contributed by atoms with Crippen LogP contribution >= 0.6 is 27.3 Å². The number of hydrogen-bond donors (Lipinski definition) is 3. The Balaban J connectivity index is 1.77. The molecule has 2 aromatic rings. The van der Waals surface area contributed by atoms with Crippen LogP contribution in [-0.2, 0) is 13.1 Å². The summed E-state index contributed by atoms with van der Waals surface area (Å²) in [7, 11) is 0. The van der Waals surface area contributed by atoms with Gasteiger partial charge in [0.1, 0.15) is 5.69 Å². The van der Waals surface area contributed by atoms with Crippen molar-refractivity contribution in [3.05, 3.63) is 50.4 Å². The highest BCUT2D eigenvalue weighted by atomic mass is 79.9. The lowest BCUT2D eigenvalue weighted by atomic mass is 10.2. The number of thiophene rings is 1. The number of carbonyl (C=O) groups excluding carboxylic acids is 1. The predicted molar refractivity (Wildman–Crippen MR) is 82.3 cm³/mol. The molecule has 0 aliphatic carbocycles. The summed E-state index contributed by atoms with van der Waals surface area (Å²) in [6, 6.07) is 6.59. The van der Waals surface area contributed by atoms with Crippen molar-refractivity contribution >= 4 is 39.3 Å². The lowest BCUT2D eigenvalue weighted by molar-refractivity contribution is 0.0690. The molecule has 0 saturated carbocycles. The SMILES string of the molecule is O=C(NCc1ccc(C(=O)O)nc1)NCc1ccc(Br)s1. The Morgan fingerprint density at radius 3 is 2.52 bits per heavy atom. The Bertz CT molecular complexity index is 642. The molecular formula is C13H12BrN3O3S. The van der Waals surface area contributed by atoms with Crippen molar-refractivity contribution in [1.29, 1.82) is 0 Å². The number of nitrogens with one attached hydrogen (secondary N) is 2. The first kappa shape index (κ1) is 15.5. The number of rotatable bonds is 5. The molecule has 2 rings (SSSR count). The third kappa shape index (κ3) is 4.83. The molecule has 0 aliphatic heterocycles. The topological polar surface area (TPSA) is 91.3 Å². The molecule has 2 amide bonds. The molecule has 0 spiro atoms. The molecule has 110 valence electrons. The first-order valence-electron chi connectivity index (χ1n) is 5.99. The summed E-state index contributed by atoms with van der Waals surface area (Å²) in [5, 5.41) is 14.1. The Hall–Kier alpha value is -1.93. The predicted octanol–water partition coefficient (Wildman–Crippen LogP) is 2.60. The molecule has 0 saturated heterocycles. The first-order chi connectivity index (χ1) is 10.0. The van der Waals surface area contributed by atoms with E-state index in [1.807, 2.05) is 12.1 Å². The maximum absolute atomic E-state index is 11.6. The van der Waals surface area contributed by atoms with E-state index in [2.05, 4.69) is 31.5 Å². The van der Waals surface area contributed by atoms with Gasteiger partial charge in [-0.05, 0) is 39.7 Å². The summed E-state index contributed by atoms with van der Waals surface area (Å²) in [4.78, 5) is 27.1. The number of pyridine rings is 1. The molecule has 21 heavy (non-hydrogen) atoms. The molecule has 0 radical (unpaired) electrons. The van der Waals surface area contributed by atoms with Crippen molar-refractivity contribution in [1.82, 2.24) is 15.6 Å². The van der Waals surface area contributed by atoms with Crippen molar-refractivity contribution in [3.63, 3.8) is 0 Å². The van der Waals surface area contributed by atoms with Gasteiger partial charge in [-0.25, -0.2) is 14.6 Å². The maximum Gasteiger partial charge on any atom is 0.354 e. The molecule has 3 N–H and O–H groups in total. The van der Waals surface area contributed by atoms with E-state index in [1.165, 1.54) is 12.3 Å². The lowest BCUT2D eigenvalue weighted by Crippen LogP contribution is -2.34. The fourth-order valence-electron chi connectivity index (χ4n) is 1.51. The quantitative estimate of drug-likeness (QED) is 0.755. The Labute approximate surface area is 133 Å². The summed E-state index contributed by atoms with van der Waals surface area (Å²) in [5.41, 5.74) is 0.709. The van der Waals surface area contributed by atoms with Crippen LogP contribution in [0.2, 0.25) is 0 Å². The number of halogens is 1. The molecule has 8 heteroatoms. The minimum Gasteiger partial charge on any atom is -0.477 e. The average molecular weight is 370 g/mol. The summed E-state index contributed by atoms with van der Waals surface area (Å²) in [6.45, 7) is 0.741.